The van der Waals surface area contributed by atoms with Gasteiger partial charge in [0, 0.05) is 19.2 Å². The second-order valence-electron chi connectivity index (χ2n) is 5.47. The molecule has 0 aliphatic carbocycles. The highest BCUT2D eigenvalue weighted by molar-refractivity contribution is 5.76. The summed E-state index contributed by atoms with van der Waals surface area (Å²) in [6.07, 6.45) is 0.729. The van der Waals surface area contributed by atoms with Gasteiger partial charge in [-0.2, -0.15) is 5.26 Å². The fraction of sp³-hybridized carbons (Fsp3) is 0.500. The zero-order chi connectivity index (χ0) is 17.1. The molecule has 1 fully saturated rings. The molecule has 122 valence electrons. The molecule has 0 aromatic carbocycles. The van der Waals surface area contributed by atoms with E-state index in [0.717, 1.165) is 16.8 Å². The van der Waals surface area contributed by atoms with E-state index in [2.05, 4.69) is 0 Å². The largest absolute Gasteiger partial charge is 0.372 e. The molecule has 1 aliphatic rings. The molecular weight excluding hydrogens is 304 g/mol. The number of aromatic nitrogens is 1. The van der Waals surface area contributed by atoms with Gasteiger partial charge in [-0.15, -0.1) is 0 Å². The summed E-state index contributed by atoms with van der Waals surface area (Å²) in [5.74, 6) is -0.349. The van der Waals surface area contributed by atoms with Crippen LogP contribution in [0.2, 0.25) is 0 Å². The highest BCUT2D eigenvalue weighted by Gasteiger charge is 2.26. The second kappa shape index (κ2) is 6.58. The molecule has 0 saturated carbocycles. The summed E-state index contributed by atoms with van der Waals surface area (Å²) >= 11 is 0. The van der Waals surface area contributed by atoms with Crippen molar-refractivity contribution < 1.29 is 14.5 Å². The number of nitrogens with zero attached hydrogens (tertiary/aromatic N) is 4. The molecule has 0 spiro atoms. The molecule has 1 aromatic heterocycles. The van der Waals surface area contributed by atoms with Crippen LogP contribution in [0.4, 0.5) is 5.69 Å². The van der Waals surface area contributed by atoms with Gasteiger partial charge in [0.1, 0.15) is 18.2 Å². The lowest BCUT2D eigenvalue weighted by Gasteiger charge is -2.35. The van der Waals surface area contributed by atoms with Gasteiger partial charge in [-0.3, -0.25) is 24.3 Å². The molecule has 23 heavy (non-hydrogen) atoms. The average Bonchev–Trinajstić information content (AvgIpc) is 2.47. The summed E-state index contributed by atoms with van der Waals surface area (Å²) in [5, 5.41) is 19.8. The third-order valence-corrected chi connectivity index (χ3v) is 3.48. The zero-order valence-corrected chi connectivity index (χ0v) is 12.8. The summed E-state index contributed by atoms with van der Waals surface area (Å²) < 4.78 is 6.44. The van der Waals surface area contributed by atoms with Crippen LogP contribution in [0.25, 0.3) is 0 Å². The number of carbonyl (C=O) groups is 1. The van der Waals surface area contributed by atoms with E-state index in [0.29, 0.717) is 13.1 Å². The molecule has 2 atom stereocenters. The van der Waals surface area contributed by atoms with E-state index in [1.807, 2.05) is 13.8 Å². The fourth-order valence-electron chi connectivity index (χ4n) is 2.54. The van der Waals surface area contributed by atoms with Crippen molar-refractivity contribution in [1.82, 2.24) is 9.47 Å². The maximum absolute atomic E-state index is 12.3. The van der Waals surface area contributed by atoms with Crippen LogP contribution in [0.15, 0.2) is 17.1 Å². The van der Waals surface area contributed by atoms with E-state index >= 15 is 0 Å². The number of morpholine rings is 1. The van der Waals surface area contributed by atoms with Gasteiger partial charge in [-0.1, -0.05) is 0 Å². The Bertz CT molecular complexity index is 726. The summed E-state index contributed by atoms with van der Waals surface area (Å²) in [6.45, 7) is 4.09. The van der Waals surface area contributed by atoms with Crippen LogP contribution < -0.4 is 5.56 Å². The first-order valence-electron chi connectivity index (χ1n) is 7.04. The van der Waals surface area contributed by atoms with Gasteiger partial charge in [0.25, 0.3) is 11.2 Å². The molecule has 0 bridgehead atoms. The van der Waals surface area contributed by atoms with Crippen molar-refractivity contribution in [2.24, 2.45) is 0 Å². The Kier molecular flexibility index (Phi) is 4.76. The molecule has 9 nitrogen and oxygen atoms in total. The van der Waals surface area contributed by atoms with Crippen LogP contribution >= 0.6 is 0 Å². The number of nitriles is 1. The molecule has 1 amide bonds. The fourth-order valence-corrected chi connectivity index (χ4v) is 2.54. The normalized spacial score (nSPS) is 20.8. The van der Waals surface area contributed by atoms with Crippen molar-refractivity contribution in [3.05, 3.63) is 38.3 Å². The molecule has 9 heteroatoms. The monoisotopic (exact) mass is 320 g/mol. The molecule has 0 unspecified atom stereocenters. The van der Waals surface area contributed by atoms with Gasteiger partial charge in [0.15, 0.2) is 0 Å². The quantitative estimate of drug-likeness (QED) is 0.582. The molecule has 2 rings (SSSR count). The molecule has 0 radical (unpaired) electrons. The number of ether oxygens (including phenoxy) is 1. The van der Waals surface area contributed by atoms with Crippen molar-refractivity contribution in [3.63, 3.8) is 0 Å². The van der Waals surface area contributed by atoms with Gasteiger partial charge in [0.05, 0.1) is 23.3 Å². The molecule has 2 heterocycles. The van der Waals surface area contributed by atoms with E-state index in [-0.39, 0.29) is 30.2 Å². The summed E-state index contributed by atoms with van der Waals surface area (Å²) in [4.78, 5) is 36.1. The number of carbonyl (C=O) groups excluding carboxylic acids is 1. The minimum Gasteiger partial charge on any atom is -0.372 e. The Labute approximate surface area is 131 Å². The third kappa shape index (κ3) is 3.73. The Morgan fingerprint density at radius 2 is 2.09 bits per heavy atom. The molecule has 1 aromatic rings. The van der Waals surface area contributed by atoms with Crippen LogP contribution in [-0.2, 0) is 16.1 Å². The molecular formula is C14H16N4O5. The van der Waals surface area contributed by atoms with Crippen LogP contribution in [0.5, 0.6) is 0 Å². The highest BCUT2D eigenvalue weighted by atomic mass is 16.6. The predicted molar refractivity (Wildman–Crippen MR) is 78.7 cm³/mol. The third-order valence-electron chi connectivity index (χ3n) is 3.48. The number of hydrogen-bond donors (Lipinski definition) is 0. The minimum atomic E-state index is -0.721. The average molecular weight is 320 g/mol. The zero-order valence-electron chi connectivity index (χ0n) is 12.8. The van der Waals surface area contributed by atoms with Crippen molar-refractivity contribution >= 4 is 11.6 Å². The van der Waals surface area contributed by atoms with Gasteiger partial charge in [-0.25, -0.2) is 0 Å². The van der Waals surface area contributed by atoms with Crippen molar-refractivity contribution in [2.45, 2.75) is 32.6 Å². The van der Waals surface area contributed by atoms with Gasteiger partial charge in [-0.05, 0) is 13.8 Å². The first-order chi connectivity index (χ1) is 10.8. The standard InChI is InChI=1S/C14H16N4O5/c1-9-5-16(6-10(2)23-9)13(19)8-17-7-12(18(21)22)3-11(4-15)14(17)20/h3,7,9-10H,5-6,8H2,1-2H3/t9-,10-/m0/s1. The number of nitro groups is 1. The maximum Gasteiger partial charge on any atom is 0.287 e. The smallest absolute Gasteiger partial charge is 0.287 e. The Morgan fingerprint density at radius 3 is 2.61 bits per heavy atom. The van der Waals surface area contributed by atoms with Crippen molar-refractivity contribution in [2.75, 3.05) is 13.1 Å². The van der Waals surface area contributed by atoms with E-state index < -0.39 is 16.2 Å². The van der Waals surface area contributed by atoms with E-state index in [1.165, 1.54) is 0 Å². The lowest BCUT2D eigenvalue weighted by atomic mass is 10.2. The Balaban J connectivity index is 2.27. The minimum absolute atomic E-state index is 0.126. The molecule has 1 aliphatic heterocycles. The Hall–Kier alpha value is -2.73. The van der Waals surface area contributed by atoms with E-state index in [4.69, 9.17) is 10.00 Å². The second-order valence-corrected chi connectivity index (χ2v) is 5.47. The lowest BCUT2D eigenvalue weighted by Crippen LogP contribution is -2.49. The van der Waals surface area contributed by atoms with Crippen LogP contribution in [0, 0.1) is 21.4 Å². The summed E-state index contributed by atoms with van der Waals surface area (Å²) in [6, 6.07) is 2.52. The topological polar surface area (TPSA) is 118 Å². The van der Waals surface area contributed by atoms with E-state index in [9.17, 15) is 19.7 Å². The number of rotatable bonds is 3. The van der Waals surface area contributed by atoms with Crippen molar-refractivity contribution in [3.8, 4) is 6.07 Å². The SMILES string of the molecule is C[C@H]1CN(C(=O)Cn2cc([N+](=O)[O-])cc(C#N)c2=O)C[C@H](C)O1. The first kappa shape index (κ1) is 16.6. The molecule has 1 saturated heterocycles. The molecule has 0 N–H and O–H groups in total. The maximum atomic E-state index is 12.3. The van der Waals surface area contributed by atoms with Gasteiger partial charge >= 0.3 is 0 Å². The van der Waals surface area contributed by atoms with Crippen LogP contribution in [0.3, 0.4) is 0 Å². The Morgan fingerprint density at radius 1 is 1.48 bits per heavy atom. The highest BCUT2D eigenvalue weighted by Crippen LogP contribution is 2.13. The van der Waals surface area contributed by atoms with E-state index in [1.54, 1.807) is 11.0 Å². The summed E-state index contributed by atoms with van der Waals surface area (Å²) in [5.41, 5.74) is -1.49. The summed E-state index contributed by atoms with van der Waals surface area (Å²) in [7, 11) is 0. The first-order valence-corrected chi connectivity index (χ1v) is 7.04. The van der Waals surface area contributed by atoms with Crippen LogP contribution in [0.1, 0.15) is 19.4 Å². The number of hydrogen-bond acceptors (Lipinski definition) is 6. The number of pyridine rings is 1. The van der Waals surface area contributed by atoms with Crippen LogP contribution in [-0.4, -0.2) is 45.6 Å². The number of amides is 1. The lowest BCUT2D eigenvalue weighted by molar-refractivity contribution is -0.385. The van der Waals surface area contributed by atoms with Gasteiger partial charge in [0.2, 0.25) is 5.91 Å². The van der Waals surface area contributed by atoms with Gasteiger partial charge < -0.3 is 9.64 Å². The van der Waals surface area contributed by atoms with Crippen molar-refractivity contribution in [1.29, 1.82) is 5.26 Å². The predicted octanol–water partition coefficient (Wildman–Crippen LogP) is 0.264.